The highest BCUT2D eigenvalue weighted by molar-refractivity contribution is 7.90. The molecule has 3 N–H and O–H groups in total. The molecule has 1 aromatic carbocycles. The van der Waals surface area contributed by atoms with E-state index in [0.717, 1.165) is 6.26 Å². The molecule has 18 heavy (non-hydrogen) atoms. The number of primary sulfonamides is 1. The Balaban J connectivity index is 2.87. The molecule has 0 saturated carbocycles. The number of sulfone groups is 1. The van der Waals surface area contributed by atoms with E-state index in [-0.39, 0.29) is 16.7 Å². The fourth-order valence-corrected chi connectivity index (χ4v) is 3.09. The van der Waals surface area contributed by atoms with E-state index >= 15 is 0 Å². The van der Waals surface area contributed by atoms with Crippen LogP contribution in [0.5, 0.6) is 0 Å². The minimum Gasteiger partial charge on any atom is -0.382 e. The quantitative estimate of drug-likeness (QED) is 0.805. The first-order valence-corrected chi connectivity index (χ1v) is 8.76. The summed E-state index contributed by atoms with van der Waals surface area (Å²) in [5, 5.41) is 7.92. The van der Waals surface area contributed by atoms with Crippen LogP contribution in [0.2, 0.25) is 0 Å². The maximum atomic E-state index is 11.2. The van der Waals surface area contributed by atoms with E-state index < -0.39 is 19.9 Å². The summed E-state index contributed by atoms with van der Waals surface area (Å²) in [5.74, 6) is -0.0351. The van der Waals surface area contributed by atoms with Gasteiger partial charge in [0.05, 0.1) is 10.6 Å². The highest BCUT2D eigenvalue weighted by Crippen LogP contribution is 2.15. The summed E-state index contributed by atoms with van der Waals surface area (Å²) >= 11 is 0. The average Bonchev–Trinajstić information content (AvgIpc) is 2.13. The van der Waals surface area contributed by atoms with Gasteiger partial charge >= 0.3 is 0 Å². The van der Waals surface area contributed by atoms with Gasteiger partial charge in [-0.3, -0.25) is 0 Å². The molecule has 0 saturated heterocycles. The highest BCUT2D eigenvalue weighted by Gasteiger charge is 2.12. The Labute approximate surface area is 107 Å². The minimum absolute atomic E-state index is 0.0148. The van der Waals surface area contributed by atoms with Gasteiger partial charge in [-0.1, -0.05) is 6.07 Å². The molecule has 0 radical (unpaired) electrons. The largest absolute Gasteiger partial charge is 0.382 e. The maximum Gasteiger partial charge on any atom is 0.238 e. The van der Waals surface area contributed by atoms with Crippen molar-refractivity contribution in [2.45, 2.75) is 17.9 Å². The van der Waals surface area contributed by atoms with Crippen molar-refractivity contribution in [2.24, 2.45) is 5.14 Å². The van der Waals surface area contributed by atoms with Crippen molar-refractivity contribution in [2.75, 3.05) is 17.3 Å². The molecule has 1 unspecified atom stereocenters. The lowest BCUT2D eigenvalue weighted by atomic mass is 10.3. The number of benzene rings is 1. The Kier molecular flexibility index (Phi) is 4.36. The van der Waals surface area contributed by atoms with Crippen LogP contribution in [0.3, 0.4) is 0 Å². The highest BCUT2D eigenvalue weighted by atomic mass is 32.2. The molecule has 6 nitrogen and oxygen atoms in total. The molecule has 0 spiro atoms. The fourth-order valence-electron chi connectivity index (χ4n) is 1.54. The van der Waals surface area contributed by atoms with Crippen LogP contribution in [-0.4, -0.2) is 34.9 Å². The van der Waals surface area contributed by atoms with E-state index in [9.17, 15) is 16.8 Å². The summed E-state index contributed by atoms with van der Waals surface area (Å²) in [6.45, 7) is 1.70. The maximum absolute atomic E-state index is 11.2. The van der Waals surface area contributed by atoms with Crippen molar-refractivity contribution in [1.29, 1.82) is 0 Å². The first-order valence-electron chi connectivity index (χ1n) is 5.15. The van der Waals surface area contributed by atoms with E-state index in [1.54, 1.807) is 13.0 Å². The molecular formula is C10H16N2O4S2. The summed E-state index contributed by atoms with van der Waals surface area (Å²) in [6, 6.07) is 5.61. The third-order valence-corrected chi connectivity index (χ3v) is 4.14. The molecule has 0 bridgehead atoms. The molecule has 1 rings (SSSR count). The summed E-state index contributed by atoms with van der Waals surface area (Å²) in [5.41, 5.74) is 0.512. The second kappa shape index (κ2) is 5.25. The number of hydrogen-bond acceptors (Lipinski definition) is 5. The Morgan fingerprint density at radius 3 is 2.39 bits per heavy atom. The van der Waals surface area contributed by atoms with Crippen LogP contribution in [0, 0.1) is 0 Å². The lowest BCUT2D eigenvalue weighted by Crippen LogP contribution is -2.25. The van der Waals surface area contributed by atoms with E-state index in [0.29, 0.717) is 5.69 Å². The SMILES string of the molecule is CC(CS(C)(=O)=O)Nc1cccc(S(N)(=O)=O)c1. The number of rotatable bonds is 5. The minimum atomic E-state index is -3.75. The second-order valence-electron chi connectivity index (χ2n) is 4.21. The second-order valence-corrected chi connectivity index (χ2v) is 7.96. The van der Waals surface area contributed by atoms with Crippen LogP contribution in [-0.2, 0) is 19.9 Å². The molecule has 1 atom stereocenters. The number of nitrogens with one attached hydrogen (secondary N) is 1. The van der Waals surface area contributed by atoms with Crippen molar-refractivity contribution < 1.29 is 16.8 Å². The number of hydrogen-bond donors (Lipinski definition) is 2. The van der Waals surface area contributed by atoms with Crippen LogP contribution in [0.15, 0.2) is 29.2 Å². The molecule has 8 heteroatoms. The van der Waals surface area contributed by atoms with Crippen molar-refractivity contribution in [3.63, 3.8) is 0 Å². The van der Waals surface area contributed by atoms with Crippen LogP contribution < -0.4 is 10.5 Å². The zero-order chi connectivity index (χ0) is 14.0. The van der Waals surface area contributed by atoms with E-state index in [2.05, 4.69) is 5.32 Å². The Hall–Kier alpha value is -1.12. The number of sulfonamides is 1. The zero-order valence-electron chi connectivity index (χ0n) is 10.1. The predicted octanol–water partition coefficient (Wildman–Crippen LogP) is 0.179. The van der Waals surface area contributed by atoms with E-state index in [1.165, 1.54) is 18.2 Å². The smallest absolute Gasteiger partial charge is 0.238 e. The predicted molar refractivity (Wildman–Crippen MR) is 70.6 cm³/mol. The van der Waals surface area contributed by atoms with Gasteiger partial charge in [0.1, 0.15) is 9.84 Å². The molecule has 0 amide bonds. The first kappa shape index (κ1) is 14.9. The van der Waals surface area contributed by atoms with Gasteiger partial charge in [0.25, 0.3) is 0 Å². The van der Waals surface area contributed by atoms with Crippen LogP contribution in [0.4, 0.5) is 5.69 Å². The van der Waals surface area contributed by atoms with Crippen molar-refractivity contribution in [3.05, 3.63) is 24.3 Å². The van der Waals surface area contributed by atoms with Gasteiger partial charge in [0.2, 0.25) is 10.0 Å². The van der Waals surface area contributed by atoms with E-state index in [4.69, 9.17) is 5.14 Å². The third-order valence-electron chi connectivity index (χ3n) is 2.13. The molecule has 0 aromatic heterocycles. The van der Waals surface area contributed by atoms with Gasteiger partial charge in [0, 0.05) is 18.0 Å². The van der Waals surface area contributed by atoms with Crippen LogP contribution >= 0.6 is 0 Å². The van der Waals surface area contributed by atoms with Gasteiger partial charge in [-0.2, -0.15) is 0 Å². The Morgan fingerprint density at radius 2 is 1.89 bits per heavy atom. The molecule has 0 fully saturated rings. The number of anilines is 1. The molecule has 0 aliphatic carbocycles. The standard InChI is InChI=1S/C10H16N2O4S2/c1-8(7-17(2,13)14)12-9-4-3-5-10(6-9)18(11,15)16/h3-6,8,12H,7H2,1-2H3,(H2,11,15,16). The first-order chi connectivity index (χ1) is 8.08. The fraction of sp³-hybridized carbons (Fsp3) is 0.400. The summed E-state index contributed by atoms with van der Waals surface area (Å²) in [7, 11) is -6.84. The topological polar surface area (TPSA) is 106 Å². The normalized spacial score (nSPS) is 14.2. The molecule has 0 aliphatic rings. The summed E-state index contributed by atoms with van der Waals surface area (Å²) < 4.78 is 44.5. The van der Waals surface area contributed by atoms with Crippen LogP contribution in [0.25, 0.3) is 0 Å². The van der Waals surface area contributed by atoms with Crippen molar-refractivity contribution in [1.82, 2.24) is 0 Å². The Morgan fingerprint density at radius 1 is 1.28 bits per heavy atom. The molecule has 1 aromatic rings. The van der Waals surface area contributed by atoms with Gasteiger partial charge in [-0.15, -0.1) is 0 Å². The average molecular weight is 292 g/mol. The van der Waals surface area contributed by atoms with E-state index in [1.807, 2.05) is 0 Å². The van der Waals surface area contributed by atoms with Gasteiger partial charge in [-0.05, 0) is 25.1 Å². The molecule has 0 aliphatic heterocycles. The molecule has 102 valence electrons. The lowest BCUT2D eigenvalue weighted by molar-refractivity contribution is 0.595. The molecular weight excluding hydrogens is 276 g/mol. The summed E-state index contributed by atoms with van der Waals surface area (Å²) in [4.78, 5) is -0.0148. The van der Waals surface area contributed by atoms with Crippen LogP contribution in [0.1, 0.15) is 6.92 Å². The monoisotopic (exact) mass is 292 g/mol. The Bertz CT molecular complexity index is 623. The number of nitrogens with two attached hydrogens (primary N) is 1. The summed E-state index contributed by atoms with van der Waals surface area (Å²) in [6.07, 6.45) is 1.14. The van der Waals surface area contributed by atoms with Gasteiger partial charge in [0.15, 0.2) is 0 Å². The molecule has 0 heterocycles. The van der Waals surface area contributed by atoms with Crippen molar-refractivity contribution in [3.8, 4) is 0 Å². The zero-order valence-corrected chi connectivity index (χ0v) is 11.8. The van der Waals surface area contributed by atoms with Crippen molar-refractivity contribution >= 4 is 25.5 Å². The van der Waals surface area contributed by atoms with Gasteiger partial charge < -0.3 is 5.32 Å². The van der Waals surface area contributed by atoms with Gasteiger partial charge in [-0.25, -0.2) is 22.0 Å². The lowest BCUT2D eigenvalue weighted by Gasteiger charge is -2.14. The third kappa shape index (κ3) is 5.03.